The Bertz CT molecular complexity index is 3580. The van der Waals surface area contributed by atoms with E-state index in [1.165, 1.54) is 26.9 Å². The maximum atomic E-state index is 6.37. The van der Waals surface area contributed by atoms with Gasteiger partial charge in [-0.15, -0.1) is 0 Å². The molecule has 0 saturated carbocycles. The van der Waals surface area contributed by atoms with Crippen molar-refractivity contribution < 1.29 is 4.42 Å². The van der Waals surface area contributed by atoms with E-state index in [-0.39, 0.29) is 0 Å². The second-order valence-electron chi connectivity index (χ2n) is 14.8. The van der Waals surface area contributed by atoms with E-state index in [9.17, 15) is 0 Å². The molecule has 5 nitrogen and oxygen atoms in total. The fourth-order valence-corrected chi connectivity index (χ4v) is 8.78. The zero-order chi connectivity index (χ0) is 38.2. The maximum Gasteiger partial charge on any atom is 0.164 e. The molecular formula is C53H32N4O. The van der Waals surface area contributed by atoms with Crippen molar-refractivity contribution in [2.24, 2.45) is 0 Å². The molecule has 0 amide bonds. The lowest BCUT2D eigenvalue weighted by Gasteiger charge is -2.13. The van der Waals surface area contributed by atoms with Gasteiger partial charge in [0.25, 0.3) is 0 Å². The summed E-state index contributed by atoms with van der Waals surface area (Å²) in [5.74, 6) is 1.88. The van der Waals surface area contributed by atoms with Crippen LogP contribution in [0.25, 0.3) is 116 Å². The number of fused-ring (bicyclic) bond motifs is 9. The monoisotopic (exact) mass is 740 g/mol. The molecule has 12 rings (SSSR count). The largest absolute Gasteiger partial charge is 0.456 e. The van der Waals surface area contributed by atoms with Crippen LogP contribution in [-0.2, 0) is 0 Å². The third-order valence-corrected chi connectivity index (χ3v) is 11.4. The minimum atomic E-state index is 0.615. The van der Waals surface area contributed by atoms with Gasteiger partial charge in [-0.05, 0) is 63.7 Å². The molecule has 0 radical (unpaired) electrons. The summed E-state index contributed by atoms with van der Waals surface area (Å²) in [7, 11) is 0. The average Bonchev–Trinajstić information content (AvgIpc) is 3.86. The standard InChI is InChI=1S/C53H32N4O/c1-2-15-35(16-3-1)51-54-52(56-53(55-51)38-28-27-33-13-4-5-17-36(33)31-38)37-18-10-19-39(32-37)57-45-24-11-22-41(48(45)44-30-29-34-14-6-7-20-40(34)50(44)57)42-23-12-26-47-49(42)43-21-8-9-25-46(43)58-47/h1-32H. The molecular weight excluding hydrogens is 709 g/mol. The van der Waals surface area contributed by atoms with Crippen LogP contribution in [-0.4, -0.2) is 19.5 Å². The van der Waals surface area contributed by atoms with Crippen molar-refractivity contribution in [1.29, 1.82) is 0 Å². The number of nitrogens with zero attached hydrogens (tertiary/aromatic N) is 4. The zero-order valence-corrected chi connectivity index (χ0v) is 31.2. The van der Waals surface area contributed by atoms with Gasteiger partial charge in [-0.25, -0.2) is 15.0 Å². The van der Waals surface area contributed by atoms with Crippen LogP contribution in [0, 0.1) is 0 Å². The van der Waals surface area contributed by atoms with Crippen molar-refractivity contribution in [2.75, 3.05) is 0 Å². The number of benzene rings is 9. The Labute approximate surface area is 333 Å². The average molecular weight is 741 g/mol. The van der Waals surface area contributed by atoms with Crippen molar-refractivity contribution in [1.82, 2.24) is 19.5 Å². The van der Waals surface area contributed by atoms with Crippen molar-refractivity contribution in [3.05, 3.63) is 194 Å². The first kappa shape index (κ1) is 32.4. The molecule has 3 aromatic heterocycles. The Morgan fingerprint density at radius 1 is 0.362 bits per heavy atom. The minimum absolute atomic E-state index is 0.615. The van der Waals surface area contributed by atoms with Crippen LogP contribution >= 0.6 is 0 Å². The Kier molecular flexibility index (Phi) is 7.16. The summed E-state index contributed by atoms with van der Waals surface area (Å²) in [5, 5.41) is 9.30. The molecule has 0 aliphatic heterocycles. The van der Waals surface area contributed by atoms with Gasteiger partial charge in [-0.1, -0.05) is 158 Å². The molecule has 0 atom stereocenters. The lowest BCUT2D eigenvalue weighted by molar-refractivity contribution is 0.669. The molecule has 12 aromatic rings. The molecule has 3 heterocycles. The number of rotatable bonds is 5. The summed E-state index contributed by atoms with van der Waals surface area (Å²) >= 11 is 0. The van der Waals surface area contributed by atoms with Gasteiger partial charge in [0.2, 0.25) is 0 Å². The highest BCUT2D eigenvalue weighted by atomic mass is 16.3. The van der Waals surface area contributed by atoms with Crippen LogP contribution < -0.4 is 0 Å². The van der Waals surface area contributed by atoms with E-state index in [1.54, 1.807) is 0 Å². The van der Waals surface area contributed by atoms with E-state index in [0.717, 1.165) is 71.9 Å². The molecule has 0 saturated heterocycles. The number of para-hydroxylation sites is 1. The van der Waals surface area contributed by atoms with Crippen LogP contribution in [0.3, 0.4) is 0 Å². The van der Waals surface area contributed by atoms with Crippen LogP contribution in [0.5, 0.6) is 0 Å². The van der Waals surface area contributed by atoms with Crippen LogP contribution in [0.2, 0.25) is 0 Å². The molecule has 0 aliphatic rings. The maximum absolute atomic E-state index is 6.37. The molecule has 270 valence electrons. The number of aromatic nitrogens is 4. The summed E-state index contributed by atoms with van der Waals surface area (Å²) in [4.78, 5) is 15.3. The fraction of sp³-hybridized carbons (Fsp3) is 0. The highest BCUT2D eigenvalue weighted by molar-refractivity contribution is 6.24. The van der Waals surface area contributed by atoms with Gasteiger partial charge in [0.1, 0.15) is 11.2 Å². The molecule has 5 heteroatoms. The van der Waals surface area contributed by atoms with Crippen LogP contribution in [0.4, 0.5) is 0 Å². The Hall–Kier alpha value is -7.89. The molecule has 0 aliphatic carbocycles. The third-order valence-electron chi connectivity index (χ3n) is 11.4. The van der Waals surface area contributed by atoms with Crippen molar-refractivity contribution in [2.45, 2.75) is 0 Å². The molecule has 0 spiro atoms. The topological polar surface area (TPSA) is 56.7 Å². The van der Waals surface area contributed by atoms with E-state index in [4.69, 9.17) is 19.4 Å². The Balaban J connectivity index is 1.11. The number of hydrogen-bond donors (Lipinski definition) is 0. The number of hydrogen-bond acceptors (Lipinski definition) is 4. The summed E-state index contributed by atoms with van der Waals surface area (Å²) in [6.07, 6.45) is 0. The smallest absolute Gasteiger partial charge is 0.164 e. The first-order chi connectivity index (χ1) is 28.7. The normalized spacial score (nSPS) is 11.8. The lowest BCUT2D eigenvalue weighted by Crippen LogP contribution is -2.01. The van der Waals surface area contributed by atoms with Crippen molar-refractivity contribution in [3.8, 4) is 51.0 Å². The molecule has 9 aromatic carbocycles. The highest BCUT2D eigenvalue weighted by Gasteiger charge is 2.21. The van der Waals surface area contributed by atoms with Gasteiger partial charge in [0.15, 0.2) is 17.5 Å². The predicted molar refractivity (Wildman–Crippen MR) is 238 cm³/mol. The zero-order valence-electron chi connectivity index (χ0n) is 31.2. The fourth-order valence-electron chi connectivity index (χ4n) is 8.78. The Morgan fingerprint density at radius 3 is 1.81 bits per heavy atom. The molecule has 0 fully saturated rings. The second-order valence-corrected chi connectivity index (χ2v) is 14.8. The van der Waals surface area contributed by atoms with E-state index in [0.29, 0.717) is 17.5 Å². The van der Waals surface area contributed by atoms with Crippen molar-refractivity contribution >= 4 is 65.3 Å². The highest BCUT2D eigenvalue weighted by Crippen LogP contribution is 2.45. The first-order valence-corrected chi connectivity index (χ1v) is 19.5. The summed E-state index contributed by atoms with van der Waals surface area (Å²) < 4.78 is 8.79. The van der Waals surface area contributed by atoms with E-state index in [2.05, 4.69) is 156 Å². The van der Waals surface area contributed by atoms with E-state index in [1.807, 2.05) is 42.5 Å². The van der Waals surface area contributed by atoms with Gasteiger partial charge in [-0.3, -0.25) is 0 Å². The predicted octanol–water partition coefficient (Wildman–Crippen LogP) is 13.8. The first-order valence-electron chi connectivity index (χ1n) is 19.5. The summed E-state index contributed by atoms with van der Waals surface area (Å²) in [6.45, 7) is 0. The molecule has 0 N–H and O–H groups in total. The van der Waals surface area contributed by atoms with Gasteiger partial charge in [0.05, 0.1) is 11.0 Å². The number of furan rings is 1. The van der Waals surface area contributed by atoms with Gasteiger partial charge in [0, 0.05) is 49.3 Å². The minimum Gasteiger partial charge on any atom is -0.456 e. The van der Waals surface area contributed by atoms with Gasteiger partial charge < -0.3 is 8.98 Å². The Morgan fingerprint density at radius 2 is 0.966 bits per heavy atom. The third kappa shape index (κ3) is 5.07. The second kappa shape index (κ2) is 12.8. The van der Waals surface area contributed by atoms with E-state index >= 15 is 0 Å². The molecule has 58 heavy (non-hydrogen) atoms. The van der Waals surface area contributed by atoms with Crippen LogP contribution in [0.1, 0.15) is 0 Å². The molecule has 0 unspecified atom stereocenters. The summed E-state index contributed by atoms with van der Waals surface area (Å²) in [5.41, 5.74) is 10.1. The van der Waals surface area contributed by atoms with Gasteiger partial charge >= 0.3 is 0 Å². The van der Waals surface area contributed by atoms with Crippen LogP contribution in [0.15, 0.2) is 199 Å². The lowest BCUT2D eigenvalue weighted by atomic mass is 9.95. The quantitative estimate of drug-likeness (QED) is 0.176. The van der Waals surface area contributed by atoms with Gasteiger partial charge in [-0.2, -0.15) is 0 Å². The molecule has 0 bridgehead atoms. The van der Waals surface area contributed by atoms with Crippen molar-refractivity contribution in [3.63, 3.8) is 0 Å². The SMILES string of the molecule is c1ccc(-c2nc(-c3cccc(-n4c5cccc(-c6cccc7oc8ccccc8c67)c5c5ccc6ccccc6c54)c3)nc(-c3ccc4ccccc4c3)n2)cc1. The summed E-state index contributed by atoms with van der Waals surface area (Å²) in [6, 6.07) is 68.1. The van der Waals surface area contributed by atoms with E-state index < -0.39 is 0 Å².